The molecule has 1 aromatic carbocycles. The molecule has 0 saturated heterocycles. The number of rotatable bonds is 3. The molecule has 0 aliphatic heterocycles. The molecule has 0 bridgehead atoms. The number of carbonyl (C=O) groups is 1. The van der Waals surface area contributed by atoms with Gasteiger partial charge in [-0.1, -0.05) is 23.2 Å². The highest BCUT2D eigenvalue weighted by atomic mass is 35.5. The van der Waals surface area contributed by atoms with Gasteiger partial charge in [0.2, 0.25) is 5.91 Å². The van der Waals surface area contributed by atoms with Crippen LogP contribution in [0.2, 0.25) is 10.2 Å². The summed E-state index contributed by atoms with van der Waals surface area (Å²) in [6.07, 6.45) is 2.97. The van der Waals surface area contributed by atoms with Gasteiger partial charge in [-0.2, -0.15) is 10.4 Å². The van der Waals surface area contributed by atoms with Crippen molar-refractivity contribution < 1.29 is 4.79 Å². The first-order valence-corrected chi connectivity index (χ1v) is 7.05. The average molecular weight is 335 g/mol. The first kappa shape index (κ1) is 16.1. The van der Waals surface area contributed by atoms with Crippen molar-refractivity contribution in [3.63, 3.8) is 0 Å². The third kappa shape index (κ3) is 3.48. The van der Waals surface area contributed by atoms with Crippen molar-refractivity contribution in [1.82, 2.24) is 9.78 Å². The van der Waals surface area contributed by atoms with Crippen LogP contribution >= 0.6 is 23.2 Å². The van der Waals surface area contributed by atoms with Crippen LogP contribution in [0.5, 0.6) is 0 Å². The number of nitrogens with zero attached hydrogens (tertiary/aromatic N) is 3. The quantitative estimate of drug-likeness (QED) is 0.872. The minimum atomic E-state index is -0.333. The number of halogens is 2. The molecule has 2 aromatic rings. The minimum Gasteiger partial charge on any atom is -0.322 e. The lowest BCUT2D eigenvalue weighted by Crippen LogP contribution is -2.07. The smallest absolute Gasteiger partial charge is 0.248 e. The Morgan fingerprint density at radius 1 is 1.45 bits per heavy atom. The fourth-order valence-electron chi connectivity index (χ4n) is 1.86. The fraction of sp³-hybridized carbons (Fsp3) is 0.133. The Balaban J connectivity index is 2.12. The van der Waals surface area contributed by atoms with E-state index in [1.165, 1.54) is 16.8 Å². The second kappa shape index (κ2) is 6.65. The molecule has 1 N–H and O–H groups in total. The van der Waals surface area contributed by atoms with E-state index in [0.717, 1.165) is 5.69 Å². The molecule has 1 amide bonds. The van der Waals surface area contributed by atoms with E-state index in [2.05, 4.69) is 10.4 Å². The zero-order chi connectivity index (χ0) is 16.3. The number of aryl methyl sites for hydroxylation is 2. The average Bonchev–Trinajstić information content (AvgIpc) is 2.70. The number of hydrogen-bond donors (Lipinski definition) is 1. The highest BCUT2D eigenvalue weighted by Crippen LogP contribution is 2.21. The van der Waals surface area contributed by atoms with Gasteiger partial charge in [-0.15, -0.1) is 0 Å². The molecular formula is C15H12Cl2N4O. The van der Waals surface area contributed by atoms with Crippen LogP contribution in [0.3, 0.4) is 0 Å². The van der Waals surface area contributed by atoms with Gasteiger partial charge in [0.15, 0.2) is 0 Å². The summed E-state index contributed by atoms with van der Waals surface area (Å²) in [6, 6.07) is 6.63. The van der Waals surface area contributed by atoms with E-state index >= 15 is 0 Å². The Kier molecular flexibility index (Phi) is 4.86. The van der Waals surface area contributed by atoms with Crippen molar-refractivity contribution in [3.8, 4) is 6.07 Å². The Morgan fingerprint density at radius 3 is 2.73 bits per heavy atom. The Bertz CT molecular complexity index is 803. The van der Waals surface area contributed by atoms with Crippen LogP contribution in [0.15, 0.2) is 24.3 Å². The van der Waals surface area contributed by atoms with Gasteiger partial charge < -0.3 is 5.32 Å². The zero-order valence-electron chi connectivity index (χ0n) is 11.9. The number of benzene rings is 1. The van der Waals surface area contributed by atoms with Crippen molar-refractivity contribution >= 4 is 40.9 Å². The molecule has 0 aliphatic rings. The fourth-order valence-corrected chi connectivity index (χ4v) is 2.32. The summed E-state index contributed by atoms with van der Waals surface area (Å²) in [5.41, 5.74) is 2.29. The van der Waals surface area contributed by atoms with Gasteiger partial charge in [-0.3, -0.25) is 9.48 Å². The van der Waals surface area contributed by atoms with Gasteiger partial charge in [0.25, 0.3) is 0 Å². The third-order valence-corrected chi connectivity index (χ3v) is 3.72. The van der Waals surface area contributed by atoms with Gasteiger partial charge in [0, 0.05) is 24.4 Å². The number of nitrogens with one attached hydrogen (secondary N) is 1. The molecule has 7 heteroatoms. The van der Waals surface area contributed by atoms with E-state index in [-0.39, 0.29) is 10.9 Å². The summed E-state index contributed by atoms with van der Waals surface area (Å²) < 4.78 is 1.54. The monoisotopic (exact) mass is 334 g/mol. The van der Waals surface area contributed by atoms with Gasteiger partial charge >= 0.3 is 0 Å². The highest BCUT2D eigenvalue weighted by molar-refractivity contribution is 6.32. The predicted molar refractivity (Wildman–Crippen MR) is 86.8 cm³/mol. The van der Waals surface area contributed by atoms with Crippen LogP contribution in [0.1, 0.15) is 16.8 Å². The maximum absolute atomic E-state index is 11.9. The molecule has 0 fully saturated rings. The zero-order valence-corrected chi connectivity index (χ0v) is 13.4. The molecule has 0 unspecified atom stereocenters. The Morgan fingerprint density at radius 2 is 2.18 bits per heavy atom. The molecule has 0 saturated carbocycles. The number of nitriles is 1. The lowest BCUT2D eigenvalue weighted by atomic mass is 10.2. The summed E-state index contributed by atoms with van der Waals surface area (Å²) in [4.78, 5) is 11.9. The first-order valence-electron chi connectivity index (χ1n) is 6.30. The molecule has 0 spiro atoms. The van der Waals surface area contributed by atoms with Crippen LogP contribution in [-0.2, 0) is 11.8 Å². The van der Waals surface area contributed by atoms with Crippen molar-refractivity contribution in [3.05, 3.63) is 51.3 Å². The molecule has 112 valence electrons. The Hall–Kier alpha value is -2.29. The number of amides is 1. The van der Waals surface area contributed by atoms with Crippen LogP contribution in [0.25, 0.3) is 6.08 Å². The van der Waals surface area contributed by atoms with Crippen LogP contribution in [0, 0.1) is 18.3 Å². The summed E-state index contributed by atoms with van der Waals surface area (Å²) in [5, 5.41) is 16.4. The van der Waals surface area contributed by atoms with Crippen molar-refractivity contribution in [2.45, 2.75) is 6.92 Å². The third-order valence-electron chi connectivity index (χ3n) is 2.95. The number of carbonyl (C=O) groups excluding carboxylic acids is 1. The van der Waals surface area contributed by atoms with Crippen molar-refractivity contribution in [2.24, 2.45) is 7.05 Å². The number of aromatic nitrogens is 2. The molecule has 5 nitrogen and oxygen atoms in total. The topological polar surface area (TPSA) is 70.7 Å². The van der Waals surface area contributed by atoms with Gasteiger partial charge in [-0.25, -0.2) is 0 Å². The standard InChI is InChI=1S/C15H12Cl2N4O/c1-9-12(15(17)21(2)20-9)5-6-14(22)19-11-4-3-10(8-18)13(16)7-11/h3-7H,1-2H3,(H,19,22)/b6-5+. The van der Waals surface area contributed by atoms with Gasteiger partial charge in [-0.05, 0) is 31.2 Å². The van der Waals surface area contributed by atoms with E-state index in [0.29, 0.717) is 22.0 Å². The maximum atomic E-state index is 11.9. The van der Waals surface area contributed by atoms with Gasteiger partial charge in [0.1, 0.15) is 11.2 Å². The van der Waals surface area contributed by atoms with Crippen LogP contribution in [-0.4, -0.2) is 15.7 Å². The molecule has 0 atom stereocenters. The van der Waals surface area contributed by atoms with E-state index in [1.807, 2.05) is 13.0 Å². The number of anilines is 1. The van der Waals surface area contributed by atoms with E-state index in [1.54, 1.807) is 25.3 Å². The molecular weight excluding hydrogens is 323 g/mol. The highest BCUT2D eigenvalue weighted by Gasteiger charge is 2.09. The maximum Gasteiger partial charge on any atom is 0.248 e. The first-order chi connectivity index (χ1) is 10.4. The van der Waals surface area contributed by atoms with Gasteiger partial charge in [0.05, 0.1) is 16.3 Å². The molecule has 2 rings (SSSR count). The summed E-state index contributed by atoms with van der Waals surface area (Å²) in [6.45, 7) is 1.81. The Labute approximate surface area is 137 Å². The van der Waals surface area contributed by atoms with Crippen LogP contribution in [0.4, 0.5) is 5.69 Å². The lowest BCUT2D eigenvalue weighted by molar-refractivity contribution is -0.111. The SMILES string of the molecule is Cc1nn(C)c(Cl)c1/C=C/C(=O)Nc1ccc(C#N)c(Cl)c1. The van der Waals surface area contributed by atoms with E-state index in [9.17, 15) is 4.79 Å². The van der Waals surface area contributed by atoms with E-state index < -0.39 is 0 Å². The summed E-state index contributed by atoms with van der Waals surface area (Å²) in [5.74, 6) is -0.333. The van der Waals surface area contributed by atoms with Crippen molar-refractivity contribution in [1.29, 1.82) is 5.26 Å². The lowest BCUT2D eigenvalue weighted by Gasteiger charge is -2.03. The van der Waals surface area contributed by atoms with E-state index in [4.69, 9.17) is 28.5 Å². The molecule has 1 aromatic heterocycles. The molecule has 1 heterocycles. The summed E-state index contributed by atoms with van der Waals surface area (Å²) >= 11 is 12.0. The van der Waals surface area contributed by atoms with Crippen LogP contribution < -0.4 is 5.32 Å². The minimum absolute atomic E-state index is 0.287. The predicted octanol–water partition coefficient (Wildman–Crippen LogP) is 3.56. The molecule has 0 radical (unpaired) electrons. The number of hydrogen-bond acceptors (Lipinski definition) is 3. The molecule has 0 aliphatic carbocycles. The second-order valence-corrected chi connectivity index (χ2v) is 5.31. The second-order valence-electron chi connectivity index (χ2n) is 4.54. The normalized spacial score (nSPS) is 10.7. The summed E-state index contributed by atoms with van der Waals surface area (Å²) in [7, 11) is 1.73. The largest absolute Gasteiger partial charge is 0.322 e. The molecule has 22 heavy (non-hydrogen) atoms. The van der Waals surface area contributed by atoms with Crippen molar-refractivity contribution in [2.75, 3.05) is 5.32 Å².